The fraction of sp³-hybridized carbons (Fsp3) is 0.125. The van der Waals surface area contributed by atoms with E-state index in [2.05, 4.69) is 15.9 Å². The van der Waals surface area contributed by atoms with Crippen LogP contribution >= 0.6 is 38.5 Å². The second-order valence-corrected chi connectivity index (χ2v) is 4.10. The molecule has 0 atom stereocenters. The Balaban J connectivity index is 3.19. The fourth-order valence-corrected chi connectivity index (χ4v) is 1.62. The third-order valence-corrected chi connectivity index (χ3v) is 3.84. The summed E-state index contributed by atoms with van der Waals surface area (Å²) in [4.78, 5) is 0. The molecule has 0 spiro atoms. The summed E-state index contributed by atoms with van der Waals surface area (Å²) in [6.45, 7) is 0. The molecule has 0 aliphatic rings. The van der Waals surface area contributed by atoms with Crippen molar-refractivity contribution in [3.8, 4) is 6.07 Å². The second kappa shape index (κ2) is 4.19. The molecule has 0 N–H and O–H groups in total. The minimum atomic E-state index is -0.300. The molecule has 0 unspecified atom stereocenters. The summed E-state index contributed by atoms with van der Waals surface area (Å²) in [6, 6.07) is 5.28. The van der Waals surface area contributed by atoms with Crippen molar-refractivity contribution in [1.29, 1.82) is 5.26 Å². The maximum atomic E-state index is 13.3. The van der Waals surface area contributed by atoms with E-state index in [1.165, 1.54) is 0 Å². The van der Waals surface area contributed by atoms with Crippen LogP contribution in [-0.4, -0.2) is 0 Å². The topological polar surface area (TPSA) is 23.8 Å². The van der Waals surface area contributed by atoms with Crippen LogP contribution in [0.3, 0.4) is 0 Å². The van der Waals surface area contributed by atoms with Crippen LogP contribution in [0.2, 0.25) is 0 Å². The van der Waals surface area contributed by atoms with Gasteiger partial charge in [-0.05, 0) is 44.6 Å². The lowest BCUT2D eigenvalue weighted by Crippen LogP contribution is -1.92. The third-order valence-electron chi connectivity index (χ3n) is 1.38. The molecule has 0 aliphatic carbocycles. The Hall–Kier alpha value is -0.150. The maximum absolute atomic E-state index is 13.3. The van der Waals surface area contributed by atoms with Crippen molar-refractivity contribution in [3.05, 3.63) is 31.6 Å². The van der Waals surface area contributed by atoms with E-state index in [0.717, 1.165) is 4.47 Å². The normalized spacial score (nSPS) is 9.50. The van der Waals surface area contributed by atoms with Gasteiger partial charge in [-0.3, -0.25) is 0 Å². The van der Waals surface area contributed by atoms with Crippen LogP contribution in [-0.2, 0) is 6.42 Å². The summed E-state index contributed by atoms with van der Waals surface area (Å²) in [7, 11) is 0. The molecule has 0 radical (unpaired) electrons. The quantitative estimate of drug-likeness (QED) is 0.569. The number of nitriles is 1. The van der Waals surface area contributed by atoms with Gasteiger partial charge in [0.15, 0.2) is 0 Å². The Labute approximate surface area is 91.8 Å². The Morgan fingerprint density at radius 3 is 2.83 bits per heavy atom. The van der Waals surface area contributed by atoms with Gasteiger partial charge in [0.05, 0.1) is 16.1 Å². The van der Waals surface area contributed by atoms with Crippen LogP contribution in [0.1, 0.15) is 5.56 Å². The van der Waals surface area contributed by atoms with Gasteiger partial charge >= 0.3 is 0 Å². The predicted octanol–water partition coefficient (Wildman–Crippen LogP) is 3.26. The molecule has 0 bridgehead atoms. The van der Waals surface area contributed by atoms with E-state index >= 15 is 0 Å². The van der Waals surface area contributed by atoms with E-state index < -0.39 is 0 Å². The lowest BCUT2D eigenvalue weighted by Gasteiger charge is -2.01. The average molecular weight is 340 g/mol. The molecule has 1 rings (SSSR count). The van der Waals surface area contributed by atoms with Crippen LogP contribution in [0.15, 0.2) is 16.6 Å². The van der Waals surface area contributed by atoms with Gasteiger partial charge in [-0.1, -0.05) is 6.07 Å². The van der Waals surface area contributed by atoms with E-state index in [0.29, 0.717) is 9.13 Å². The zero-order valence-corrected chi connectivity index (χ0v) is 9.69. The highest BCUT2D eigenvalue weighted by atomic mass is 127. The molecule has 0 heterocycles. The SMILES string of the molecule is N#CCc1ccc(Br)c(I)c1F. The highest BCUT2D eigenvalue weighted by Crippen LogP contribution is 2.24. The second-order valence-electron chi connectivity index (χ2n) is 2.17. The lowest BCUT2D eigenvalue weighted by atomic mass is 10.1. The van der Waals surface area contributed by atoms with Crippen LogP contribution in [0.5, 0.6) is 0 Å². The van der Waals surface area contributed by atoms with Gasteiger partial charge in [0.2, 0.25) is 0 Å². The van der Waals surface area contributed by atoms with E-state index in [9.17, 15) is 4.39 Å². The van der Waals surface area contributed by atoms with E-state index in [4.69, 9.17) is 5.26 Å². The van der Waals surface area contributed by atoms with E-state index in [1.54, 1.807) is 12.1 Å². The van der Waals surface area contributed by atoms with Gasteiger partial charge in [-0.15, -0.1) is 0 Å². The highest BCUT2D eigenvalue weighted by molar-refractivity contribution is 14.1. The number of halogens is 3. The van der Waals surface area contributed by atoms with E-state index in [1.807, 2.05) is 28.7 Å². The lowest BCUT2D eigenvalue weighted by molar-refractivity contribution is 0.606. The molecular formula is C8H4BrFIN. The molecule has 1 aromatic rings. The summed E-state index contributed by atoms with van der Waals surface area (Å²) in [5.74, 6) is -0.300. The summed E-state index contributed by atoms with van der Waals surface area (Å²) >= 11 is 5.10. The monoisotopic (exact) mass is 339 g/mol. The Morgan fingerprint density at radius 1 is 1.58 bits per heavy atom. The smallest absolute Gasteiger partial charge is 0.141 e. The van der Waals surface area contributed by atoms with Gasteiger partial charge in [0, 0.05) is 10.0 Å². The molecule has 4 heteroatoms. The Kier molecular flexibility index (Phi) is 3.47. The van der Waals surface area contributed by atoms with Crippen LogP contribution in [0.4, 0.5) is 4.39 Å². The molecule has 0 amide bonds. The number of hydrogen-bond donors (Lipinski definition) is 0. The summed E-state index contributed by atoms with van der Waals surface area (Å²) in [5.41, 5.74) is 0.449. The molecule has 62 valence electrons. The number of nitrogens with zero attached hydrogens (tertiary/aromatic N) is 1. The summed E-state index contributed by atoms with van der Waals surface area (Å²) in [5, 5.41) is 8.37. The Bertz CT molecular complexity index is 346. The molecular weight excluding hydrogens is 336 g/mol. The average Bonchev–Trinajstić information content (AvgIpc) is 2.07. The summed E-state index contributed by atoms with van der Waals surface area (Å²) in [6.07, 6.45) is 0.120. The molecule has 0 aromatic heterocycles. The first-order chi connectivity index (χ1) is 5.66. The summed E-state index contributed by atoms with van der Waals surface area (Å²) < 4.78 is 14.5. The van der Waals surface area contributed by atoms with Gasteiger partial charge in [-0.25, -0.2) is 4.39 Å². The minimum absolute atomic E-state index is 0.120. The first kappa shape index (κ1) is 9.93. The van der Waals surface area contributed by atoms with Crippen LogP contribution in [0, 0.1) is 20.7 Å². The van der Waals surface area contributed by atoms with Gasteiger partial charge in [0.25, 0.3) is 0 Å². The Morgan fingerprint density at radius 2 is 2.25 bits per heavy atom. The van der Waals surface area contributed by atoms with Gasteiger partial charge in [0.1, 0.15) is 5.82 Å². The first-order valence-electron chi connectivity index (χ1n) is 3.16. The largest absolute Gasteiger partial charge is 0.205 e. The van der Waals surface area contributed by atoms with E-state index in [-0.39, 0.29) is 12.2 Å². The van der Waals surface area contributed by atoms with Crippen molar-refractivity contribution >= 4 is 38.5 Å². The zero-order valence-electron chi connectivity index (χ0n) is 5.94. The molecule has 12 heavy (non-hydrogen) atoms. The number of rotatable bonds is 1. The van der Waals surface area contributed by atoms with Crippen LogP contribution in [0.25, 0.3) is 0 Å². The molecule has 0 saturated carbocycles. The number of benzene rings is 1. The van der Waals surface area contributed by atoms with Gasteiger partial charge in [-0.2, -0.15) is 5.26 Å². The third kappa shape index (κ3) is 1.96. The van der Waals surface area contributed by atoms with Crippen LogP contribution < -0.4 is 0 Å². The zero-order chi connectivity index (χ0) is 9.14. The molecule has 1 nitrogen and oxygen atoms in total. The molecule has 1 aromatic carbocycles. The fourth-order valence-electron chi connectivity index (χ4n) is 0.788. The number of hydrogen-bond acceptors (Lipinski definition) is 1. The first-order valence-corrected chi connectivity index (χ1v) is 5.03. The van der Waals surface area contributed by atoms with Crippen molar-refractivity contribution in [2.45, 2.75) is 6.42 Å². The standard InChI is InChI=1S/C8H4BrFIN/c9-6-2-1-5(3-4-12)7(10)8(6)11/h1-2H,3H2. The van der Waals surface area contributed by atoms with Gasteiger partial charge < -0.3 is 0 Å². The van der Waals surface area contributed by atoms with Crippen molar-refractivity contribution in [3.63, 3.8) is 0 Å². The minimum Gasteiger partial charge on any atom is -0.205 e. The van der Waals surface area contributed by atoms with Crippen molar-refractivity contribution in [2.75, 3.05) is 0 Å². The molecule has 0 saturated heterocycles. The van der Waals surface area contributed by atoms with Crippen molar-refractivity contribution < 1.29 is 4.39 Å². The highest BCUT2D eigenvalue weighted by Gasteiger charge is 2.08. The van der Waals surface area contributed by atoms with Crippen molar-refractivity contribution in [1.82, 2.24) is 0 Å². The maximum Gasteiger partial charge on any atom is 0.141 e. The van der Waals surface area contributed by atoms with Crippen molar-refractivity contribution in [2.24, 2.45) is 0 Å². The predicted molar refractivity (Wildman–Crippen MR) is 56.1 cm³/mol. The molecule has 0 aliphatic heterocycles. The molecule has 0 fully saturated rings.